The molecule has 0 bridgehead atoms. The van der Waals surface area contributed by atoms with Gasteiger partial charge in [0, 0.05) is 30.5 Å². The maximum absolute atomic E-state index is 5.01. The molecule has 0 fully saturated rings. The summed E-state index contributed by atoms with van der Waals surface area (Å²) in [5.74, 6) is 1.34. The van der Waals surface area contributed by atoms with Crippen LogP contribution < -0.4 is 5.32 Å². The highest BCUT2D eigenvalue weighted by Crippen LogP contribution is 2.07. The lowest BCUT2D eigenvalue weighted by Gasteiger charge is -2.04. The number of aromatic nitrogens is 3. The Labute approximate surface area is 93.9 Å². The summed E-state index contributed by atoms with van der Waals surface area (Å²) in [6.07, 6.45) is 2.51. The number of hydrogen-bond acceptors (Lipinski definition) is 5. The van der Waals surface area contributed by atoms with Crippen LogP contribution in [0, 0.1) is 13.8 Å². The van der Waals surface area contributed by atoms with Crippen LogP contribution in [0.2, 0.25) is 0 Å². The summed E-state index contributed by atoms with van der Waals surface area (Å²) in [5, 5.41) is 7.01. The molecule has 2 rings (SSSR count). The van der Waals surface area contributed by atoms with Gasteiger partial charge in [0.2, 0.25) is 5.89 Å². The van der Waals surface area contributed by atoms with Crippen LogP contribution in [0.15, 0.2) is 22.9 Å². The molecule has 0 aliphatic rings. The lowest BCUT2D eigenvalue weighted by molar-refractivity contribution is 0.377. The smallest absolute Gasteiger partial charge is 0.228 e. The van der Waals surface area contributed by atoms with Crippen LogP contribution in [-0.2, 0) is 6.42 Å². The normalized spacial score (nSPS) is 10.4. The SMILES string of the molecule is Cc1cc(NCCc2nc(C)no2)ccn1. The van der Waals surface area contributed by atoms with Crippen LogP contribution >= 0.6 is 0 Å². The van der Waals surface area contributed by atoms with Crippen molar-refractivity contribution in [2.45, 2.75) is 20.3 Å². The molecule has 0 amide bonds. The maximum Gasteiger partial charge on any atom is 0.228 e. The first-order chi connectivity index (χ1) is 7.74. The summed E-state index contributed by atoms with van der Waals surface area (Å²) in [5.41, 5.74) is 2.06. The third kappa shape index (κ3) is 2.79. The first-order valence-electron chi connectivity index (χ1n) is 5.20. The Hall–Kier alpha value is -1.91. The van der Waals surface area contributed by atoms with Crippen LogP contribution in [0.4, 0.5) is 5.69 Å². The van der Waals surface area contributed by atoms with Gasteiger partial charge in [-0.3, -0.25) is 4.98 Å². The van der Waals surface area contributed by atoms with Crippen molar-refractivity contribution < 1.29 is 4.52 Å². The molecule has 2 aromatic heterocycles. The van der Waals surface area contributed by atoms with Crippen molar-refractivity contribution in [3.05, 3.63) is 35.7 Å². The van der Waals surface area contributed by atoms with Crippen LogP contribution in [-0.4, -0.2) is 21.7 Å². The number of aryl methyl sites for hydroxylation is 2. The zero-order valence-corrected chi connectivity index (χ0v) is 9.40. The highest BCUT2D eigenvalue weighted by molar-refractivity contribution is 5.42. The highest BCUT2D eigenvalue weighted by atomic mass is 16.5. The van der Waals surface area contributed by atoms with Crippen LogP contribution in [0.3, 0.4) is 0 Å². The summed E-state index contributed by atoms with van der Waals surface area (Å²) in [7, 11) is 0. The fraction of sp³-hybridized carbons (Fsp3) is 0.364. The van der Waals surface area contributed by atoms with Gasteiger partial charge in [-0.2, -0.15) is 4.98 Å². The van der Waals surface area contributed by atoms with E-state index >= 15 is 0 Å². The summed E-state index contributed by atoms with van der Waals surface area (Å²) in [6, 6.07) is 3.94. The molecule has 0 saturated carbocycles. The third-order valence-corrected chi connectivity index (χ3v) is 2.13. The molecule has 5 nitrogen and oxygen atoms in total. The van der Waals surface area contributed by atoms with Gasteiger partial charge >= 0.3 is 0 Å². The molecule has 5 heteroatoms. The Balaban J connectivity index is 1.84. The molecular weight excluding hydrogens is 204 g/mol. The summed E-state index contributed by atoms with van der Waals surface area (Å²) in [6.45, 7) is 4.55. The molecule has 1 N–H and O–H groups in total. The van der Waals surface area contributed by atoms with Crippen LogP contribution in [0.1, 0.15) is 17.4 Å². The van der Waals surface area contributed by atoms with Crippen molar-refractivity contribution in [3.63, 3.8) is 0 Å². The van der Waals surface area contributed by atoms with E-state index in [1.54, 1.807) is 6.20 Å². The van der Waals surface area contributed by atoms with Gasteiger partial charge in [0.1, 0.15) is 0 Å². The van der Waals surface area contributed by atoms with Crippen LogP contribution in [0.5, 0.6) is 0 Å². The molecular formula is C11H14N4O. The van der Waals surface area contributed by atoms with Gasteiger partial charge in [-0.15, -0.1) is 0 Å². The van der Waals surface area contributed by atoms with Gasteiger partial charge in [-0.1, -0.05) is 5.16 Å². The van der Waals surface area contributed by atoms with Crippen molar-refractivity contribution in [1.29, 1.82) is 0 Å². The zero-order valence-electron chi connectivity index (χ0n) is 9.40. The lowest BCUT2D eigenvalue weighted by Crippen LogP contribution is -2.05. The topological polar surface area (TPSA) is 63.8 Å². The Morgan fingerprint density at radius 3 is 2.94 bits per heavy atom. The average molecular weight is 218 g/mol. The zero-order chi connectivity index (χ0) is 11.4. The second kappa shape index (κ2) is 4.74. The van der Waals surface area contributed by atoms with Gasteiger partial charge in [-0.05, 0) is 26.0 Å². The number of nitrogens with one attached hydrogen (secondary N) is 1. The Kier molecular flexibility index (Phi) is 3.14. The number of anilines is 1. The molecule has 0 radical (unpaired) electrons. The fourth-order valence-electron chi connectivity index (χ4n) is 1.41. The molecule has 0 aliphatic heterocycles. The van der Waals surface area contributed by atoms with E-state index in [2.05, 4.69) is 20.4 Å². The number of nitrogens with zero attached hydrogens (tertiary/aromatic N) is 3. The van der Waals surface area contributed by atoms with Gasteiger partial charge < -0.3 is 9.84 Å². The van der Waals surface area contributed by atoms with E-state index in [0.29, 0.717) is 11.7 Å². The van der Waals surface area contributed by atoms with Crippen molar-refractivity contribution >= 4 is 5.69 Å². The lowest BCUT2D eigenvalue weighted by atomic mass is 10.3. The maximum atomic E-state index is 5.01. The molecule has 84 valence electrons. The quantitative estimate of drug-likeness (QED) is 0.846. The molecule has 0 aromatic carbocycles. The van der Waals surface area contributed by atoms with Crippen LogP contribution in [0.25, 0.3) is 0 Å². The number of hydrogen-bond donors (Lipinski definition) is 1. The Morgan fingerprint density at radius 1 is 1.38 bits per heavy atom. The monoisotopic (exact) mass is 218 g/mol. The van der Waals surface area contributed by atoms with E-state index in [4.69, 9.17) is 4.52 Å². The minimum Gasteiger partial charge on any atom is -0.384 e. The third-order valence-electron chi connectivity index (χ3n) is 2.13. The van der Waals surface area contributed by atoms with Crippen molar-refractivity contribution in [3.8, 4) is 0 Å². The van der Waals surface area contributed by atoms with E-state index in [9.17, 15) is 0 Å². The van der Waals surface area contributed by atoms with E-state index in [1.165, 1.54) is 0 Å². The summed E-state index contributed by atoms with van der Waals surface area (Å²) >= 11 is 0. The second-order valence-corrected chi connectivity index (χ2v) is 3.60. The predicted molar refractivity (Wildman–Crippen MR) is 60.2 cm³/mol. The van der Waals surface area contributed by atoms with Gasteiger partial charge in [-0.25, -0.2) is 0 Å². The second-order valence-electron chi connectivity index (χ2n) is 3.60. The first-order valence-corrected chi connectivity index (χ1v) is 5.20. The van der Waals surface area contributed by atoms with Gasteiger partial charge in [0.25, 0.3) is 0 Å². The van der Waals surface area contributed by atoms with E-state index in [0.717, 1.165) is 24.3 Å². The Morgan fingerprint density at radius 2 is 2.25 bits per heavy atom. The molecule has 2 heterocycles. The van der Waals surface area contributed by atoms with Crippen molar-refractivity contribution in [2.24, 2.45) is 0 Å². The molecule has 16 heavy (non-hydrogen) atoms. The first kappa shape index (κ1) is 10.6. The molecule has 0 saturated heterocycles. The average Bonchev–Trinajstić information content (AvgIpc) is 2.64. The molecule has 0 spiro atoms. The highest BCUT2D eigenvalue weighted by Gasteiger charge is 2.01. The minimum absolute atomic E-state index is 0.663. The van der Waals surface area contributed by atoms with E-state index in [1.807, 2.05) is 26.0 Å². The molecule has 0 unspecified atom stereocenters. The predicted octanol–water partition coefficient (Wildman–Crippen LogP) is 1.74. The van der Waals surface area contributed by atoms with Gasteiger partial charge in [0.05, 0.1) is 0 Å². The molecule has 2 aromatic rings. The van der Waals surface area contributed by atoms with Crippen molar-refractivity contribution in [1.82, 2.24) is 15.1 Å². The Bertz CT molecular complexity index is 467. The largest absolute Gasteiger partial charge is 0.384 e. The fourth-order valence-corrected chi connectivity index (χ4v) is 1.41. The van der Waals surface area contributed by atoms with E-state index in [-0.39, 0.29) is 0 Å². The number of pyridine rings is 1. The van der Waals surface area contributed by atoms with E-state index < -0.39 is 0 Å². The summed E-state index contributed by atoms with van der Waals surface area (Å²) in [4.78, 5) is 8.26. The van der Waals surface area contributed by atoms with Crippen molar-refractivity contribution in [2.75, 3.05) is 11.9 Å². The van der Waals surface area contributed by atoms with Gasteiger partial charge in [0.15, 0.2) is 5.82 Å². The minimum atomic E-state index is 0.663. The standard InChI is InChI=1S/C11H14N4O/c1-8-7-10(3-5-12-8)13-6-4-11-14-9(2)15-16-11/h3,5,7H,4,6H2,1-2H3,(H,12,13). The molecule has 0 atom stereocenters. The number of rotatable bonds is 4. The molecule has 0 aliphatic carbocycles. The summed E-state index contributed by atoms with van der Waals surface area (Å²) < 4.78 is 5.01.